The number of H-pyrrole nitrogens is 2. The molecule has 0 saturated carbocycles. The zero-order chi connectivity index (χ0) is 14.1. The van der Waals surface area contributed by atoms with Gasteiger partial charge >= 0.3 is 0 Å². The smallest absolute Gasteiger partial charge is 0.0455 e. The summed E-state index contributed by atoms with van der Waals surface area (Å²) in [5, 5.41) is 1.29. The summed E-state index contributed by atoms with van der Waals surface area (Å²) in [4.78, 5) is 11.4. The van der Waals surface area contributed by atoms with E-state index < -0.39 is 0 Å². The van der Waals surface area contributed by atoms with Gasteiger partial charge in [-0.05, 0) is 35.9 Å². The van der Waals surface area contributed by atoms with Gasteiger partial charge in [-0.2, -0.15) is 0 Å². The van der Waals surface area contributed by atoms with Crippen molar-refractivity contribution in [3.05, 3.63) is 54.5 Å². The first-order valence-electron chi connectivity index (χ1n) is 7.55. The molecule has 0 amide bonds. The highest BCUT2D eigenvalue weighted by Gasteiger charge is 2.17. The number of fused-ring (bicyclic) bond motifs is 1. The summed E-state index contributed by atoms with van der Waals surface area (Å²) < 4.78 is 0. The van der Waals surface area contributed by atoms with Crippen LogP contribution in [-0.2, 0) is 6.54 Å². The molecular weight excluding hydrogens is 260 g/mol. The maximum atomic E-state index is 3.25. The largest absolute Gasteiger partial charge is 0.369 e. The second-order valence-corrected chi connectivity index (χ2v) is 5.73. The summed E-state index contributed by atoms with van der Waals surface area (Å²) in [6.07, 6.45) is 6.09. The van der Waals surface area contributed by atoms with Gasteiger partial charge in [0.2, 0.25) is 0 Å². The monoisotopic (exact) mass is 280 g/mol. The number of nitrogens with zero attached hydrogens (tertiary/aromatic N) is 2. The predicted molar refractivity (Wildman–Crippen MR) is 86.6 cm³/mol. The first kappa shape index (κ1) is 12.5. The lowest BCUT2D eigenvalue weighted by atomic mass is 10.2. The summed E-state index contributed by atoms with van der Waals surface area (Å²) in [6.45, 7) is 5.49. The number of aromatic amines is 2. The Morgan fingerprint density at radius 1 is 0.952 bits per heavy atom. The van der Waals surface area contributed by atoms with E-state index in [0.29, 0.717) is 0 Å². The van der Waals surface area contributed by atoms with Crippen molar-refractivity contribution >= 4 is 16.6 Å². The molecule has 2 N–H and O–H groups in total. The van der Waals surface area contributed by atoms with E-state index >= 15 is 0 Å². The van der Waals surface area contributed by atoms with Crippen LogP contribution >= 0.6 is 0 Å². The molecule has 0 atom stereocenters. The average molecular weight is 280 g/mol. The first-order valence-corrected chi connectivity index (χ1v) is 7.55. The van der Waals surface area contributed by atoms with Crippen molar-refractivity contribution in [3.8, 4) is 0 Å². The van der Waals surface area contributed by atoms with Gasteiger partial charge in [-0.25, -0.2) is 0 Å². The molecule has 4 rings (SSSR count). The topological polar surface area (TPSA) is 38.1 Å². The minimum atomic E-state index is 1.05. The van der Waals surface area contributed by atoms with Gasteiger partial charge in [0.1, 0.15) is 0 Å². The fraction of sp³-hybridized carbons (Fsp3) is 0.294. The molecule has 1 fully saturated rings. The summed E-state index contributed by atoms with van der Waals surface area (Å²) in [5.41, 5.74) is 3.92. The average Bonchev–Trinajstić information content (AvgIpc) is 3.18. The second-order valence-electron chi connectivity index (χ2n) is 5.73. The van der Waals surface area contributed by atoms with Gasteiger partial charge in [0, 0.05) is 67.9 Å². The van der Waals surface area contributed by atoms with Crippen LogP contribution in [0.4, 0.5) is 5.69 Å². The summed E-state index contributed by atoms with van der Waals surface area (Å²) in [7, 11) is 0. The number of piperazine rings is 1. The van der Waals surface area contributed by atoms with Gasteiger partial charge in [0.05, 0.1) is 0 Å². The van der Waals surface area contributed by atoms with E-state index in [9.17, 15) is 0 Å². The van der Waals surface area contributed by atoms with E-state index in [0.717, 1.165) is 32.7 Å². The van der Waals surface area contributed by atoms with Gasteiger partial charge in [-0.15, -0.1) is 0 Å². The Morgan fingerprint density at radius 3 is 2.67 bits per heavy atom. The summed E-state index contributed by atoms with van der Waals surface area (Å²) >= 11 is 0. The lowest BCUT2D eigenvalue weighted by molar-refractivity contribution is 0.250. The van der Waals surface area contributed by atoms with Crippen LogP contribution in [0.3, 0.4) is 0 Å². The molecular formula is C17H20N4. The quantitative estimate of drug-likeness (QED) is 0.774. The molecule has 0 unspecified atom stereocenters. The van der Waals surface area contributed by atoms with Crippen molar-refractivity contribution < 1.29 is 0 Å². The molecule has 1 aromatic carbocycles. The van der Waals surface area contributed by atoms with Crippen LogP contribution in [0.15, 0.2) is 48.9 Å². The molecule has 0 radical (unpaired) electrons. The van der Waals surface area contributed by atoms with Crippen molar-refractivity contribution in [2.24, 2.45) is 0 Å². The molecule has 4 nitrogen and oxygen atoms in total. The standard InChI is InChI=1S/C17H20N4/c1-2-17-15(4-6-19-17)11-16(1)21-9-7-20(8-10-21)13-14-3-5-18-12-14/h1-6,11-12,18-19H,7-10,13H2. The maximum absolute atomic E-state index is 3.25. The lowest BCUT2D eigenvalue weighted by Gasteiger charge is -2.36. The molecule has 0 spiro atoms. The van der Waals surface area contributed by atoms with E-state index in [1.54, 1.807) is 0 Å². The van der Waals surface area contributed by atoms with Crippen molar-refractivity contribution in [1.82, 2.24) is 14.9 Å². The number of hydrogen-bond acceptors (Lipinski definition) is 2. The molecule has 1 saturated heterocycles. The number of rotatable bonds is 3. The van der Waals surface area contributed by atoms with Crippen molar-refractivity contribution in [3.63, 3.8) is 0 Å². The van der Waals surface area contributed by atoms with Crippen molar-refractivity contribution in [2.75, 3.05) is 31.1 Å². The number of hydrogen-bond donors (Lipinski definition) is 2. The van der Waals surface area contributed by atoms with E-state index in [2.05, 4.69) is 56.3 Å². The molecule has 4 heteroatoms. The van der Waals surface area contributed by atoms with Gasteiger partial charge in [0.15, 0.2) is 0 Å². The van der Waals surface area contributed by atoms with Crippen LogP contribution in [-0.4, -0.2) is 41.0 Å². The van der Waals surface area contributed by atoms with E-state index in [4.69, 9.17) is 0 Å². The molecule has 0 bridgehead atoms. The number of anilines is 1. The second kappa shape index (κ2) is 5.30. The first-order chi connectivity index (χ1) is 10.4. The van der Waals surface area contributed by atoms with Crippen molar-refractivity contribution in [2.45, 2.75) is 6.54 Å². The van der Waals surface area contributed by atoms with E-state index in [1.807, 2.05) is 12.4 Å². The Hall–Kier alpha value is -2.20. The van der Waals surface area contributed by atoms with Gasteiger partial charge < -0.3 is 14.9 Å². The Morgan fingerprint density at radius 2 is 1.86 bits per heavy atom. The predicted octanol–water partition coefficient (Wildman–Crippen LogP) is 2.82. The Bertz CT molecular complexity index is 705. The third kappa shape index (κ3) is 2.54. The molecule has 0 aliphatic carbocycles. The van der Waals surface area contributed by atoms with Crippen LogP contribution in [0.25, 0.3) is 10.9 Å². The third-order valence-electron chi connectivity index (χ3n) is 4.34. The molecule has 1 aliphatic heterocycles. The zero-order valence-corrected chi connectivity index (χ0v) is 12.0. The van der Waals surface area contributed by atoms with Crippen LogP contribution < -0.4 is 4.90 Å². The van der Waals surface area contributed by atoms with Gasteiger partial charge in [0.25, 0.3) is 0 Å². The van der Waals surface area contributed by atoms with Crippen LogP contribution in [0.5, 0.6) is 0 Å². The zero-order valence-electron chi connectivity index (χ0n) is 12.0. The number of nitrogens with one attached hydrogen (secondary N) is 2. The van der Waals surface area contributed by atoms with Crippen LogP contribution in [0.1, 0.15) is 5.56 Å². The number of aromatic nitrogens is 2. The Balaban J connectivity index is 1.42. The molecule has 3 heterocycles. The highest BCUT2D eigenvalue weighted by atomic mass is 15.3. The fourth-order valence-corrected chi connectivity index (χ4v) is 3.12. The molecule has 1 aliphatic rings. The fourth-order valence-electron chi connectivity index (χ4n) is 3.12. The van der Waals surface area contributed by atoms with E-state index in [1.165, 1.54) is 22.2 Å². The normalized spacial score (nSPS) is 16.7. The van der Waals surface area contributed by atoms with Crippen LogP contribution in [0, 0.1) is 0 Å². The van der Waals surface area contributed by atoms with Gasteiger partial charge in [-0.3, -0.25) is 4.90 Å². The molecule has 2 aromatic heterocycles. The summed E-state index contributed by atoms with van der Waals surface area (Å²) in [6, 6.07) is 11.0. The summed E-state index contributed by atoms with van der Waals surface area (Å²) in [5.74, 6) is 0. The lowest BCUT2D eigenvalue weighted by Crippen LogP contribution is -2.45. The molecule has 108 valence electrons. The van der Waals surface area contributed by atoms with E-state index in [-0.39, 0.29) is 0 Å². The SMILES string of the molecule is c1cc(CN2CCN(c3ccc4[nH]ccc4c3)CC2)c[nH]1. The van der Waals surface area contributed by atoms with Gasteiger partial charge in [-0.1, -0.05) is 0 Å². The maximum Gasteiger partial charge on any atom is 0.0455 e. The molecule has 21 heavy (non-hydrogen) atoms. The highest BCUT2D eigenvalue weighted by molar-refractivity contribution is 5.83. The molecule has 3 aromatic rings. The third-order valence-corrected chi connectivity index (χ3v) is 4.34. The number of benzene rings is 1. The minimum Gasteiger partial charge on any atom is -0.369 e. The van der Waals surface area contributed by atoms with Crippen LogP contribution in [0.2, 0.25) is 0 Å². The highest BCUT2D eigenvalue weighted by Crippen LogP contribution is 2.22. The van der Waals surface area contributed by atoms with Crippen molar-refractivity contribution in [1.29, 1.82) is 0 Å². The Labute approximate surface area is 124 Å². The minimum absolute atomic E-state index is 1.05. The Kier molecular flexibility index (Phi) is 3.16.